The minimum Gasteiger partial charge on any atom is -0.394 e. The number of carbonyl (C=O) groups excluding carboxylic acids is 1. The molecular formula is C74H139NO3. The molecule has 0 fully saturated rings. The predicted molar refractivity (Wildman–Crippen MR) is 350 cm³/mol. The number of unbranched alkanes of at least 4 members (excludes halogenated alkanes) is 51. The Morgan fingerprint density at radius 1 is 0.321 bits per heavy atom. The van der Waals surface area contributed by atoms with Gasteiger partial charge in [0, 0.05) is 6.42 Å². The Labute approximate surface area is 489 Å². The van der Waals surface area contributed by atoms with E-state index in [9.17, 15) is 15.0 Å². The average Bonchev–Trinajstić information content (AvgIpc) is 3.44. The quantitative estimate of drug-likeness (QED) is 0.0420. The van der Waals surface area contributed by atoms with E-state index in [1.54, 1.807) is 6.08 Å². The van der Waals surface area contributed by atoms with E-state index in [0.29, 0.717) is 6.42 Å². The summed E-state index contributed by atoms with van der Waals surface area (Å²) in [6.07, 6.45) is 98.9. The molecule has 78 heavy (non-hydrogen) atoms. The highest BCUT2D eigenvalue weighted by Crippen LogP contribution is 2.19. The van der Waals surface area contributed by atoms with Gasteiger partial charge in [-0.3, -0.25) is 4.79 Å². The maximum absolute atomic E-state index is 12.5. The first-order valence-electron chi connectivity index (χ1n) is 35.5. The number of aliphatic hydroxyl groups excluding tert-OH is 2. The van der Waals surface area contributed by atoms with Crippen LogP contribution in [0.25, 0.3) is 0 Å². The lowest BCUT2D eigenvalue weighted by molar-refractivity contribution is -0.123. The summed E-state index contributed by atoms with van der Waals surface area (Å²) in [6.45, 7) is 4.24. The summed E-state index contributed by atoms with van der Waals surface area (Å²) < 4.78 is 0. The van der Waals surface area contributed by atoms with Crippen molar-refractivity contribution in [1.82, 2.24) is 5.32 Å². The molecular weight excluding hydrogens is 951 g/mol. The summed E-state index contributed by atoms with van der Waals surface area (Å²) in [5.74, 6) is -0.0559. The van der Waals surface area contributed by atoms with Gasteiger partial charge in [0.15, 0.2) is 0 Å². The van der Waals surface area contributed by atoms with E-state index in [4.69, 9.17) is 0 Å². The lowest BCUT2D eigenvalue weighted by Gasteiger charge is -2.20. The molecule has 0 aliphatic carbocycles. The van der Waals surface area contributed by atoms with Crippen molar-refractivity contribution in [2.75, 3.05) is 6.61 Å². The summed E-state index contributed by atoms with van der Waals surface area (Å²) in [6, 6.07) is -0.623. The zero-order chi connectivity index (χ0) is 56.2. The van der Waals surface area contributed by atoms with E-state index in [-0.39, 0.29) is 12.5 Å². The minimum absolute atomic E-state index is 0.0559. The molecule has 458 valence electrons. The molecule has 0 aromatic rings. The summed E-state index contributed by atoms with van der Waals surface area (Å²) in [7, 11) is 0. The summed E-state index contributed by atoms with van der Waals surface area (Å²) in [5, 5.41) is 23.3. The van der Waals surface area contributed by atoms with Gasteiger partial charge in [-0.25, -0.2) is 0 Å². The third-order valence-corrected chi connectivity index (χ3v) is 16.5. The van der Waals surface area contributed by atoms with Gasteiger partial charge in [-0.2, -0.15) is 0 Å². The van der Waals surface area contributed by atoms with Crippen molar-refractivity contribution in [1.29, 1.82) is 0 Å². The van der Waals surface area contributed by atoms with E-state index in [1.165, 1.54) is 315 Å². The van der Waals surface area contributed by atoms with Crippen LogP contribution in [0.3, 0.4) is 0 Å². The third kappa shape index (κ3) is 64.9. The Hall–Kier alpha value is -1.91. The molecule has 0 radical (unpaired) electrons. The van der Waals surface area contributed by atoms with Crippen LogP contribution in [0.5, 0.6) is 0 Å². The molecule has 1 amide bonds. The summed E-state index contributed by atoms with van der Waals surface area (Å²) in [4.78, 5) is 12.5. The van der Waals surface area contributed by atoms with Crippen LogP contribution in [0.1, 0.15) is 386 Å². The fraction of sp³-hybridized carbons (Fsp3) is 0.851. The molecule has 0 heterocycles. The topological polar surface area (TPSA) is 69.6 Å². The molecule has 0 saturated carbocycles. The number of hydrogen-bond donors (Lipinski definition) is 3. The number of rotatable bonds is 66. The van der Waals surface area contributed by atoms with Gasteiger partial charge in [-0.1, -0.05) is 383 Å². The van der Waals surface area contributed by atoms with Gasteiger partial charge in [-0.15, -0.1) is 0 Å². The first-order valence-corrected chi connectivity index (χ1v) is 35.5. The molecule has 2 atom stereocenters. The molecule has 0 spiro atoms. The number of amides is 1. The Morgan fingerprint density at radius 2 is 0.564 bits per heavy atom. The van der Waals surface area contributed by atoms with E-state index >= 15 is 0 Å². The highest BCUT2D eigenvalue weighted by molar-refractivity contribution is 5.76. The fourth-order valence-electron chi connectivity index (χ4n) is 11.2. The zero-order valence-electron chi connectivity index (χ0n) is 53.0. The SMILES string of the molecule is CC/C=C\C/C=C\C/C=C\C/C=C\CCCCCCCCCCCCCCCCCCCCCCCCCCCCC(=O)NC(CO)C(O)/C=C/CCCCCCCCCCCCCCCCCCCCCCCCCCC. The zero-order valence-corrected chi connectivity index (χ0v) is 53.0. The highest BCUT2D eigenvalue weighted by Gasteiger charge is 2.18. The minimum atomic E-state index is -0.840. The van der Waals surface area contributed by atoms with Crippen LogP contribution in [0.15, 0.2) is 60.8 Å². The van der Waals surface area contributed by atoms with Crippen LogP contribution in [0, 0.1) is 0 Å². The van der Waals surface area contributed by atoms with Gasteiger partial charge >= 0.3 is 0 Å². The second kappa shape index (κ2) is 69.4. The molecule has 0 aromatic heterocycles. The van der Waals surface area contributed by atoms with Gasteiger partial charge in [0.1, 0.15) is 0 Å². The molecule has 0 bridgehead atoms. The van der Waals surface area contributed by atoms with E-state index in [0.717, 1.165) is 51.4 Å². The number of allylic oxidation sites excluding steroid dienone is 9. The largest absolute Gasteiger partial charge is 0.394 e. The first kappa shape index (κ1) is 76.1. The van der Waals surface area contributed by atoms with E-state index in [2.05, 4.69) is 67.8 Å². The maximum atomic E-state index is 12.5. The van der Waals surface area contributed by atoms with Crippen molar-refractivity contribution in [2.45, 2.75) is 398 Å². The standard InChI is InChI=1S/C74H139NO3/c1-3-5-7-9-11-13-15-17-19-21-23-25-27-29-31-32-33-34-35-36-37-38-39-40-41-42-44-46-48-50-52-54-56-58-60-62-64-66-68-70-74(78)75-72(71-76)73(77)69-67-65-63-61-59-57-55-53-51-49-47-45-43-30-28-26-24-22-20-18-16-14-12-10-8-6-4-2/h5,7,11,13,17,19,23,25,67,69,72-73,76-77H,3-4,6,8-10,12,14-16,18,20-22,24,26-66,68,70-71H2,1-2H3,(H,75,78)/b7-5-,13-11-,19-17-,25-23-,69-67+. The van der Waals surface area contributed by atoms with Gasteiger partial charge in [0.2, 0.25) is 5.91 Å². The van der Waals surface area contributed by atoms with Gasteiger partial charge in [0.25, 0.3) is 0 Å². The molecule has 3 N–H and O–H groups in total. The van der Waals surface area contributed by atoms with Crippen LogP contribution in [0.2, 0.25) is 0 Å². The molecule has 2 unspecified atom stereocenters. The van der Waals surface area contributed by atoms with Crippen molar-refractivity contribution in [3.8, 4) is 0 Å². The molecule has 4 nitrogen and oxygen atoms in total. The van der Waals surface area contributed by atoms with Crippen LogP contribution in [-0.2, 0) is 4.79 Å². The number of nitrogens with one attached hydrogen (secondary N) is 1. The monoisotopic (exact) mass is 1090 g/mol. The third-order valence-electron chi connectivity index (χ3n) is 16.5. The van der Waals surface area contributed by atoms with Crippen molar-refractivity contribution < 1.29 is 15.0 Å². The molecule has 0 aliphatic rings. The van der Waals surface area contributed by atoms with Gasteiger partial charge < -0.3 is 15.5 Å². The van der Waals surface area contributed by atoms with Crippen molar-refractivity contribution in [3.63, 3.8) is 0 Å². The van der Waals surface area contributed by atoms with Crippen LogP contribution in [-0.4, -0.2) is 34.9 Å². The van der Waals surface area contributed by atoms with Crippen LogP contribution < -0.4 is 5.32 Å². The Morgan fingerprint density at radius 3 is 0.846 bits per heavy atom. The Balaban J connectivity index is 3.40. The second-order valence-electron chi connectivity index (χ2n) is 24.3. The average molecular weight is 1090 g/mol. The van der Waals surface area contributed by atoms with E-state index in [1.807, 2.05) is 6.08 Å². The molecule has 0 saturated heterocycles. The van der Waals surface area contributed by atoms with Crippen molar-refractivity contribution in [2.24, 2.45) is 0 Å². The smallest absolute Gasteiger partial charge is 0.220 e. The van der Waals surface area contributed by atoms with Crippen LogP contribution >= 0.6 is 0 Å². The molecule has 0 aliphatic heterocycles. The Bertz CT molecular complexity index is 1280. The number of aliphatic hydroxyl groups is 2. The number of carbonyl (C=O) groups is 1. The first-order chi connectivity index (χ1) is 38.7. The normalized spacial score (nSPS) is 13.0. The summed E-state index contributed by atoms with van der Waals surface area (Å²) in [5.41, 5.74) is 0. The molecule has 0 rings (SSSR count). The van der Waals surface area contributed by atoms with Gasteiger partial charge in [0.05, 0.1) is 18.8 Å². The van der Waals surface area contributed by atoms with Crippen molar-refractivity contribution in [3.05, 3.63) is 60.8 Å². The lowest BCUT2D eigenvalue weighted by Crippen LogP contribution is -2.45. The van der Waals surface area contributed by atoms with Crippen molar-refractivity contribution >= 4 is 5.91 Å². The predicted octanol–water partition coefficient (Wildman–Crippen LogP) is 24.3. The fourth-order valence-corrected chi connectivity index (χ4v) is 11.2. The summed E-state index contributed by atoms with van der Waals surface area (Å²) >= 11 is 0. The highest BCUT2D eigenvalue weighted by atomic mass is 16.3. The van der Waals surface area contributed by atoms with E-state index < -0.39 is 12.1 Å². The number of hydrogen-bond acceptors (Lipinski definition) is 3. The Kier molecular flexibility index (Phi) is 67.7. The second-order valence-corrected chi connectivity index (χ2v) is 24.3. The maximum Gasteiger partial charge on any atom is 0.220 e. The van der Waals surface area contributed by atoms with Crippen LogP contribution in [0.4, 0.5) is 0 Å². The van der Waals surface area contributed by atoms with Gasteiger partial charge in [-0.05, 0) is 57.8 Å². The molecule has 0 aromatic carbocycles. The lowest BCUT2D eigenvalue weighted by atomic mass is 10.0. The molecule has 4 heteroatoms.